The highest BCUT2D eigenvalue weighted by Crippen LogP contribution is 2.20. The third-order valence-electron chi connectivity index (χ3n) is 2.67. The van der Waals surface area contributed by atoms with E-state index in [1.165, 1.54) is 12.1 Å². The van der Waals surface area contributed by atoms with Crippen molar-refractivity contribution in [3.8, 4) is 0 Å². The molecule has 0 spiro atoms. The second kappa shape index (κ2) is 5.48. The lowest BCUT2D eigenvalue weighted by Gasteiger charge is -2.09. The fraction of sp³-hybridized carbons (Fsp3) is 0.0769. The molecule has 2 rings (SSSR count). The number of nitrogens with one attached hydrogen (secondary N) is 1. The summed E-state index contributed by atoms with van der Waals surface area (Å²) >= 11 is 0. The predicted octanol–water partition coefficient (Wildman–Crippen LogP) is 1.70. The molecule has 0 radical (unpaired) electrons. The van der Waals surface area contributed by atoms with Gasteiger partial charge in [-0.3, -0.25) is 4.72 Å². The fourth-order valence-electron chi connectivity index (χ4n) is 1.58. The topological polar surface area (TPSA) is 92.4 Å². The minimum Gasteiger partial charge on any atom is -0.396 e. The molecule has 0 unspecified atom stereocenters. The Labute approximate surface area is 115 Å². The molecule has 2 aromatic rings. The molecular weight excluding hydrogens is 283 g/mol. The van der Waals surface area contributed by atoms with E-state index in [4.69, 9.17) is 10.8 Å². The van der Waals surface area contributed by atoms with Crippen molar-refractivity contribution in [2.75, 3.05) is 10.5 Å². The summed E-state index contributed by atoms with van der Waals surface area (Å²) in [5, 5.41) is 8.91. The molecule has 0 atom stereocenters. The molecule has 0 bridgehead atoms. The minimum atomic E-state index is -3.83. The Kier molecular flexibility index (Phi) is 3.91. The van der Waals surface area contributed by atoms with Crippen LogP contribution in [0.5, 0.6) is 0 Å². The van der Waals surface area contributed by atoms with Crippen molar-refractivity contribution in [1.29, 1.82) is 0 Å². The molecule has 0 heterocycles. The van der Waals surface area contributed by atoms with Crippen LogP contribution in [0, 0.1) is 5.82 Å². The van der Waals surface area contributed by atoms with Crippen LogP contribution >= 0.6 is 0 Å². The van der Waals surface area contributed by atoms with Gasteiger partial charge >= 0.3 is 0 Å². The van der Waals surface area contributed by atoms with Gasteiger partial charge in [0.15, 0.2) is 0 Å². The van der Waals surface area contributed by atoms with Crippen molar-refractivity contribution >= 4 is 21.4 Å². The van der Waals surface area contributed by atoms with Crippen molar-refractivity contribution in [1.82, 2.24) is 0 Å². The number of rotatable bonds is 4. The van der Waals surface area contributed by atoms with Crippen LogP contribution in [0.25, 0.3) is 0 Å². The quantitative estimate of drug-likeness (QED) is 0.749. The van der Waals surface area contributed by atoms with E-state index in [-0.39, 0.29) is 17.2 Å². The first-order valence-corrected chi connectivity index (χ1v) is 7.18. The SMILES string of the molecule is Nc1cc(S(=O)(=O)Nc2ccc(CO)cc2)ccc1F. The Bertz CT molecular complexity index is 715. The van der Waals surface area contributed by atoms with Gasteiger partial charge in [0.1, 0.15) is 5.82 Å². The van der Waals surface area contributed by atoms with E-state index in [0.717, 1.165) is 18.2 Å². The number of halogens is 1. The smallest absolute Gasteiger partial charge is 0.261 e. The number of nitrogen functional groups attached to an aromatic ring is 1. The molecule has 0 saturated carbocycles. The van der Waals surface area contributed by atoms with Crippen LogP contribution < -0.4 is 10.5 Å². The molecule has 0 fully saturated rings. The maximum absolute atomic E-state index is 13.0. The van der Waals surface area contributed by atoms with E-state index in [2.05, 4.69) is 4.72 Å². The molecule has 2 aromatic carbocycles. The van der Waals surface area contributed by atoms with Gasteiger partial charge in [0.05, 0.1) is 17.2 Å². The number of aliphatic hydroxyl groups is 1. The Hall–Kier alpha value is -2.12. The van der Waals surface area contributed by atoms with Crippen LogP contribution in [-0.4, -0.2) is 13.5 Å². The molecule has 7 heteroatoms. The van der Waals surface area contributed by atoms with E-state index in [9.17, 15) is 12.8 Å². The van der Waals surface area contributed by atoms with Crippen molar-refractivity contribution < 1.29 is 17.9 Å². The number of sulfonamides is 1. The molecule has 0 saturated heterocycles. The molecule has 0 aliphatic carbocycles. The predicted molar refractivity (Wildman–Crippen MR) is 74.0 cm³/mol. The summed E-state index contributed by atoms with van der Waals surface area (Å²) in [7, 11) is -3.83. The molecular formula is C13H13FN2O3S. The van der Waals surface area contributed by atoms with E-state index in [1.54, 1.807) is 12.1 Å². The molecule has 0 aliphatic heterocycles. The van der Waals surface area contributed by atoms with Gasteiger partial charge in [-0.25, -0.2) is 12.8 Å². The lowest BCUT2D eigenvalue weighted by molar-refractivity contribution is 0.282. The van der Waals surface area contributed by atoms with Gasteiger partial charge in [0, 0.05) is 5.69 Å². The number of benzene rings is 2. The molecule has 0 amide bonds. The summed E-state index contributed by atoms with van der Waals surface area (Å²) < 4.78 is 39.5. The summed E-state index contributed by atoms with van der Waals surface area (Å²) in [6, 6.07) is 9.42. The van der Waals surface area contributed by atoms with Crippen molar-refractivity contribution in [3.05, 3.63) is 53.8 Å². The lowest BCUT2D eigenvalue weighted by Crippen LogP contribution is -2.13. The summed E-state index contributed by atoms with van der Waals surface area (Å²) in [5.74, 6) is -0.670. The first kappa shape index (κ1) is 14.3. The molecule has 0 aromatic heterocycles. The van der Waals surface area contributed by atoms with Crippen LogP contribution in [0.1, 0.15) is 5.56 Å². The highest BCUT2D eigenvalue weighted by Gasteiger charge is 2.15. The highest BCUT2D eigenvalue weighted by molar-refractivity contribution is 7.92. The average molecular weight is 296 g/mol. The molecule has 20 heavy (non-hydrogen) atoms. The molecule has 5 nitrogen and oxygen atoms in total. The van der Waals surface area contributed by atoms with Crippen LogP contribution in [0.3, 0.4) is 0 Å². The van der Waals surface area contributed by atoms with E-state index in [1.807, 2.05) is 0 Å². The second-order valence-corrected chi connectivity index (χ2v) is 5.83. The third-order valence-corrected chi connectivity index (χ3v) is 4.05. The number of aliphatic hydroxyl groups excluding tert-OH is 1. The summed E-state index contributed by atoms with van der Waals surface area (Å²) in [4.78, 5) is -0.123. The fourth-order valence-corrected chi connectivity index (χ4v) is 2.67. The van der Waals surface area contributed by atoms with Crippen LogP contribution in [-0.2, 0) is 16.6 Å². The summed E-state index contributed by atoms with van der Waals surface area (Å²) in [6.45, 7) is -0.123. The van der Waals surface area contributed by atoms with Gasteiger partial charge in [0.25, 0.3) is 10.0 Å². The first-order valence-electron chi connectivity index (χ1n) is 5.70. The molecule has 106 valence electrons. The van der Waals surface area contributed by atoms with Gasteiger partial charge in [-0.2, -0.15) is 0 Å². The maximum Gasteiger partial charge on any atom is 0.261 e. The Balaban J connectivity index is 2.27. The van der Waals surface area contributed by atoms with Gasteiger partial charge in [-0.1, -0.05) is 12.1 Å². The van der Waals surface area contributed by atoms with Gasteiger partial charge in [-0.15, -0.1) is 0 Å². The van der Waals surface area contributed by atoms with E-state index in [0.29, 0.717) is 11.3 Å². The van der Waals surface area contributed by atoms with E-state index >= 15 is 0 Å². The maximum atomic E-state index is 13.0. The van der Waals surface area contributed by atoms with Gasteiger partial charge < -0.3 is 10.8 Å². The lowest BCUT2D eigenvalue weighted by atomic mass is 10.2. The number of hydrogen-bond donors (Lipinski definition) is 3. The van der Waals surface area contributed by atoms with E-state index < -0.39 is 15.8 Å². The van der Waals surface area contributed by atoms with Crippen LogP contribution in [0.4, 0.5) is 15.8 Å². The Morgan fingerprint density at radius 1 is 1.15 bits per heavy atom. The van der Waals surface area contributed by atoms with Gasteiger partial charge in [0.2, 0.25) is 0 Å². The molecule has 0 aliphatic rings. The van der Waals surface area contributed by atoms with Crippen molar-refractivity contribution in [2.24, 2.45) is 0 Å². The molecule has 4 N–H and O–H groups in total. The van der Waals surface area contributed by atoms with Crippen molar-refractivity contribution in [2.45, 2.75) is 11.5 Å². The Morgan fingerprint density at radius 3 is 2.35 bits per heavy atom. The first-order chi connectivity index (χ1) is 9.42. The zero-order chi connectivity index (χ0) is 14.8. The van der Waals surface area contributed by atoms with Crippen LogP contribution in [0.2, 0.25) is 0 Å². The zero-order valence-corrected chi connectivity index (χ0v) is 11.2. The number of nitrogens with two attached hydrogens (primary N) is 1. The summed E-state index contributed by atoms with van der Waals surface area (Å²) in [5.41, 5.74) is 6.12. The Morgan fingerprint density at radius 2 is 1.80 bits per heavy atom. The monoisotopic (exact) mass is 296 g/mol. The van der Waals surface area contributed by atoms with Crippen molar-refractivity contribution in [3.63, 3.8) is 0 Å². The highest BCUT2D eigenvalue weighted by atomic mass is 32.2. The largest absolute Gasteiger partial charge is 0.396 e. The number of hydrogen-bond acceptors (Lipinski definition) is 4. The standard InChI is InChI=1S/C13H13FN2O3S/c14-12-6-5-11(7-13(12)15)20(18,19)16-10-3-1-9(8-17)2-4-10/h1-7,16-17H,8,15H2. The normalized spacial score (nSPS) is 11.3. The second-order valence-electron chi connectivity index (χ2n) is 4.14. The number of anilines is 2. The van der Waals surface area contributed by atoms with Gasteiger partial charge in [-0.05, 0) is 35.9 Å². The third kappa shape index (κ3) is 3.06. The summed E-state index contributed by atoms with van der Waals surface area (Å²) in [6.07, 6.45) is 0. The average Bonchev–Trinajstić information content (AvgIpc) is 2.42. The van der Waals surface area contributed by atoms with Crippen LogP contribution in [0.15, 0.2) is 47.4 Å². The zero-order valence-electron chi connectivity index (χ0n) is 10.4. The minimum absolute atomic E-state index is 0.123.